The van der Waals surface area contributed by atoms with E-state index in [1.165, 1.54) is 205 Å². The molecular formula is C40H79N2+. The smallest absolute Gasteiger partial charge is 0.247 e. The summed E-state index contributed by atoms with van der Waals surface area (Å²) in [6, 6.07) is 0.547. The molecule has 1 rings (SSSR count). The van der Waals surface area contributed by atoms with Crippen molar-refractivity contribution in [2.45, 2.75) is 239 Å². The average Bonchev–Trinajstić information content (AvgIpc) is 3.48. The molecule has 1 N–H and O–H groups in total. The lowest BCUT2D eigenvalue weighted by atomic mass is 9.93. The molecule has 2 nitrogen and oxygen atoms in total. The Balaban J connectivity index is 2.09. The minimum Gasteiger partial charge on any atom is -0.247 e. The summed E-state index contributed by atoms with van der Waals surface area (Å²) in [5, 5.41) is 0. The van der Waals surface area contributed by atoms with Crippen molar-refractivity contribution in [3.63, 3.8) is 0 Å². The van der Waals surface area contributed by atoms with Crippen LogP contribution in [0.15, 0.2) is 12.4 Å². The van der Waals surface area contributed by atoms with Gasteiger partial charge in [-0.25, -0.2) is 9.55 Å². The number of aromatic nitrogens is 2. The lowest BCUT2D eigenvalue weighted by Gasteiger charge is -2.15. The van der Waals surface area contributed by atoms with Crippen molar-refractivity contribution >= 4 is 0 Å². The number of imidazole rings is 1. The van der Waals surface area contributed by atoms with Crippen LogP contribution in [0.5, 0.6) is 0 Å². The van der Waals surface area contributed by atoms with Crippen molar-refractivity contribution in [3.05, 3.63) is 18.2 Å². The molecule has 1 atom stereocenters. The van der Waals surface area contributed by atoms with Gasteiger partial charge in [-0.1, -0.05) is 200 Å². The predicted molar refractivity (Wildman–Crippen MR) is 189 cm³/mol. The van der Waals surface area contributed by atoms with Gasteiger partial charge in [0, 0.05) is 0 Å². The first-order valence-corrected chi connectivity index (χ1v) is 19.8. The van der Waals surface area contributed by atoms with Crippen molar-refractivity contribution in [2.75, 3.05) is 0 Å². The van der Waals surface area contributed by atoms with E-state index in [9.17, 15) is 0 Å². The van der Waals surface area contributed by atoms with Gasteiger partial charge in [-0.3, -0.25) is 0 Å². The van der Waals surface area contributed by atoms with Gasteiger partial charge in [-0.05, 0) is 26.7 Å². The Morgan fingerprint density at radius 1 is 0.452 bits per heavy atom. The number of aromatic amines is 1. The molecule has 2 heteroatoms. The molecule has 248 valence electrons. The summed E-state index contributed by atoms with van der Waals surface area (Å²) in [5.74, 6) is 2.20. The topological polar surface area (TPSA) is 19.7 Å². The number of nitrogens with zero attached hydrogens (tertiary/aromatic N) is 1. The zero-order valence-electron chi connectivity index (χ0n) is 29.7. The monoisotopic (exact) mass is 588 g/mol. The van der Waals surface area contributed by atoms with Crippen molar-refractivity contribution in [2.24, 2.45) is 0 Å². The number of H-pyrrole nitrogens is 1. The number of rotatable bonds is 33. The van der Waals surface area contributed by atoms with Crippen LogP contribution in [0.1, 0.15) is 245 Å². The van der Waals surface area contributed by atoms with E-state index in [-0.39, 0.29) is 0 Å². The summed E-state index contributed by atoms with van der Waals surface area (Å²) in [6.07, 6.45) is 49.2. The number of hydrogen-bond acceptors (Lipinski definition) is 0. The third kappa shape index (κ3) is 22.7. The van der Waals surface area contributed by atoms with Gasteiger partial charge in [0.2, 0.25) is 0 Å². The molecule has 1 aromatic heterocycles. The summed E-state index contributed by atoms with van der Waals surface area (Å²) >= 11 is 0. The molecule has 0 bridgehead atoms. The second-order valence-corrected chi connectivity index (χ2v) is 14.2. The van der Waals surface area contributed by atoms with Crippen LogP contribution in [0.25, 0.3) is 0 Å². The summed E-state index contributed by atoms with van der Waals surface area (Å²) < 4.78 is 2.50. The molecule has 0 amide bonds. The standard InChI is InChI=1S/C40H78N2/c1-5-7-9-11-13-15-17-19-20-21-22-23-25-27-29-31-33-35-39(40-41-36-37-42(40)38(3)4)34-32-30-28-26-24-18-16-14-12-10-8-6-2/h36-39H,5-35H2,1-4H3/p+1/t39-/m0/s1. The normalized spacial score (nSPS) is 12.5. The van der Waals surface area contributed by atoms with Crippen LogP contribution in [0, 0.1) is 0 Å². The van der Waals surface area contributed by atoms with Crippen LogP contribution < -0.4 is 4.57 Å². The van der Waals surface area contributed by atoms with Crippen LogP contribution in [0.4, 0.5) is 0 Å². The molecule has 1 heterocycles. The Hall–Kier alpha value is -0.790. The summed E-state index contributed by atoms with van der Waals surface area (Å²) in [7, 11) is 0. The quantitative estimate of drug-likeness (QED) is 0.0623. The van der Waals surface area contributed by atoms with Crippen molar-refractivity contribution < 1.29 is 4.57 Å². The van der Waals surface area contributed by atoms with E-state index in [0.29, 0.717) is 12.0 Å². The predicted octanol–water partition coefficient (Wildman–Crippen LogP) is 14.1. The van der Waals surface area contributed by atoms with Crippen LogP contribution in [0.2, 0.25) is 0 Å². The van der Waals surface area contributed by atoms with Crippen molar-refractivity contribution in [1.82, 2.24) is 4.98 Å². The number of hydrogen-bond donors (Lipinski definition) is 1. The fourth-order valence-corrected chi connectivity index (χ4v) is 6.90. The van der Waals surface area contributed by atoms with E-state index in [1.54, 1.807) is 0 Å². The lowest BCUT2D eigenvalue weighted by molar-refractivity contribution is -0.723. The van der Waals surface area contributed by atoms with Crippen LogP contribution >= 0.6 is 0 Å². The van der Waals surface area contributed by atoms with Gasteiger partial charge >= 0.3 is 0 Å². The molecule has 42 heavy (non-hydrogen) atoms. The Morgan fingerprint density at radius 3 is 1.02 bits per heavy atom. The maximum absolute atomic E-state index is 3.65. The highest BCUT2D eigenvalue weighted by molar-refractivity contribution is 4.90. The zero-order chi connectivity index (χ0) is 30.4. The highest BCUT2D eigenvalue weighted by atomic mass is 15.1. The molecule has 0 fully saturated rings. The molecule has 0 unspecified atom stereocenters. The highest BCUT2D eigenvalue weighted by Gasteiger charge is 2.23. The molecule has 0 aliphatic carbocycles. The molecule has 0 spiro atoms. The lowest BCUT2D eigenvalue weighted by Crippen LogP contribution is -2.39. The Morgan fingerprint density at radius 2 is 0.738 bits per heavy atom. The van der Waals surface area contributed by atoms with Crippen molar-refractivity contribution in [1.29, 1.82) is 0 Å². The summed E-state index contributed by atoms with van der Waals surface area (Å²) in [5.41, 5.74) is 0. The van der Waals surface area contributed by atoms with Gasteiger partial charge in [0.25, 0.3) is 5.82 Å². The van der Waals surface area contributed by atoms with E-state index in [1.807, 2.05) is 0 Å². The maximum Gasteiger partial charge on any atom is 0.257 e. The van der Waals surface area contributed by atoms with Crippen LogP contribution in [-0.2, 0) is 0 Å². The van der Waals surface area contributed by atoms with Crippen LogP contribution in [-0.4, -0.2) is 4.98 Å². The molecule has 0 aliphatic heterocycles. The minimum absolute atomic E-state index is 0.547. The van der Waals surface area contributed by atoms with E-state index < -0.39 is 0 Å². The molecular weight excluding hydrogens is 508 g/mol. The van der Waals surface area contributed by atoms with Crippen molar-refractivity contribution in [3.8, 4) is 0 Å². The minimum atomic E-state index is 0.547. The van der Waals surface area contributed by atoms with E-state index >= 15 is 0 Å². The molecule has 0 saturated heterocycles. The molecule has 0 aromatic carbocycles. The molecule has 0 saturated carbocycles. The van der Waals surface area contributed by atoms with E-state index in [0.717, 1.165) is 0 Å². The van der Waals surface area contributed by atoms with E-state index in [2.05, 4.69) is 49.6 Å². The Kier molecular flexibility index (Phi) is 28.3. The molecule has 0 aliphatic rings. The second-order valence-electron chi connectivity index (χ2n) is 14.2. The number of unbranched alkanes of at least 4 members (excludes halogenated alkanes) is 27. The fourth-order valence-electron chi connectivity index (χ4n) is 6.90. The summed E-state index contributed by atoms with van der Waals surface area (Å²) in [6.45, 7) is 9.27. The van der Waals surface area contributed by atoms with Crippen LogP contribution in [0.3, 0.4) is 0 Å². The SMILES string of the molecule is CCCCCCCCCCCCCCCCCCC[C@H](CCCCCCCCCCCCCC)c1[nH]cc[n+]1C(C)C. The first kappa shape index (κ1) is 39.2. The van der Waals surface area contributed by atoms with Gasteiger partial charge in [-0.2, -0.15) is 0 Å². The van der Waals surface area contributed by atoms with Gasteiger partial charge in [0.05, 0.1) is 12.0 Å². The first-order valence-electron chi connectivity index (χ1n) is 19.8. The largest absolute Gasteiger partial charge is 0.257 e. The highest BCUT2D eigenvalue weighted by Crippen LogP contribution is 2.27. The molecule has 1 aromatic rings. The van der Waals surface area contributed by atoms with E-state index in [4.69, 9.17) is 0 Å². The van der Waals surface area contributed by atoms with Gasteiger partial charge in [0.15, 0.2) is 0 Å². The average molecular weight is 588 g/mol. The fraction of sp³-hybridized carbons (Fsp3) is 0.925. The Labute approximate surface area is 266 Å². The summed E-state index contributed by atoms with van der Waals surface area (Å²) in [4.78, 5) is 3.65. The third-order valence-electron chi connectivity index (χ3n) is 9.75. The third-order valence-corrected chi connectivity index (χ3v) is 9.75. The first-order chi connectivity index (χ1) is 20.7. The molecule has 0 radical (unpaired) electrons. The maximum atomic E-state index is 3.65. The second kappa shape index (κ2) is 30.2. The van der Waals surface area contributed by atoms with Gasteiger partial charge in [-0.15, -0.1) is 0 Å². The zero-order valence-corrected chi connectivity index (χ0v) is 29.7. The van der Waals surface area contributed by atoms with Gasteiger partial charge in [0.1, 0.15) is 12.4 Å². The van der Waals surface area contributed by atoms with Gasteiger partial charge < -0.3 is 0 Å². The number of nitrogens with one attached hydrogen (secondary N) is 1. The Bertz CT molecular complexity index is 648.